The standard InChI is InChI=1S/C17H17BrN2O/c1-13(14-7-3-2-4-8-14)20-17(21)19-12-11-15-9-5-6-10-16(15)18/h2-13H,1H3,(H2,19,20,21)/b12-11+. The first-order chi connectivity index (χ1) is 10.2. The number of hydrogen-bond acceptors (Lipinski definition) is 1. The summed E-state index contributed by atoms with van der Waals surface area (Å²) in [6.07, 6.45) is 3.48. The van der Waals surface area contributed by atoms with E-state index in [4.69, 9.17) is 0 Å². The number of benzene rings is 2. The van der Waals surface area contributed by atoms with Crippen LogP contribution in [0.1, 0.15) is 24.1 Å². The molecule has 0 saturated carbocycles. The first kappa shape index (κ1) is 15.3. The van der Waals surface area contributed by atoms with Gasteiger partial charge in [0.25, 0.3) is 0 Å². The lowest BCUT2D eigenvalue weighted by Gasteiger charge is -2.13. The van der Waals surface area contributed by atoms with Gasteiger partial charge in [0.1, 0.15) is 0 Å². The molecule has 2 aromatic rings. The average Bonchev–Trinajstić information content (AvgIpc) is 2.50. The van der Waals surface area contributed by atoms with Crippen LogP contribution in [0.4, 0.5) is 4.79 Å². The topological polar surface area (TPSA) is 41.1 Å². The second-order valence-electron chi connectivity index (χ2n) is 4.61. The molecule has 2 amide bonds. The SMILES string of the molecule is CC(NC(=O)N/C=C/c1ccccc1Br)c1ccccc1. The van der Waals surface area contributed by atoms with Crippen LogP contribution in [-0.4, -0.2) is 6.03 Å². The summed E-state index contributed by atoms with van der Waals surface area (Å²) in [6.45, 7) is 1.95. The summed E-state index contributed by atoms with van der Waals surface area (Å²) >= 11 is 3.45. The molecule has 2 rings (SSSR count). The molecule has 1 atom stereocenters. The van der Waals surface area contributed by atoms with Gasteiger partial charge in [-0.25, -0.2) is 4.79 Å². The van der Waals surface area contributed by atoms with Gasteiger partial charge in [-0.2, -0.15) is 0 Å². The van der Waals surface area contributed by atoms with Gasteiger partial charge in [-0.1, -0.05) is 64.5 Å². The van der Waals surface area contributed by atoms with Gasteiger partial charge >= 0.3 is 6.03 Å². The minimum absolute atomic E-state index is 0.0388. The molecule has 108 valence electrons. The molecule has 0 aliphatic rings. The Morgan fingerprint density at radius 1 is 1.10 bits per heavy atom. The van der Waals surface area contributed by atoms with E-state index in [9.17, 15) is 4.79 Å². The van der Waals surface area contributed by atoms with E-state index in [0.717, 1.165) is 15.6 Å². The number of halogens is 1. The zero-order valence-electron chi connectivity index (χ0n) is 11.7. The highest BCUT2D eigenvalue weighted by Gasteiger charge is 2.07. The molecule has 2 aromatic carbocycles. The predicted molar refractivity (Wildman–Crippen MR) is 89.7 cm³/mol. The molecular weight excluding hydrogens is 328 g/mol. The molecule has 3 nitrogen and oxygen atoms in total. The molecule has 4 heteroatoms. The highest BCUT2D eigenvalue weighted by molar-refractivity contribution is 9.10. The third-order valence-electron chi connectivity index (χ3n) is 3.03. The lowest BCUT2D eigenvalue weighted by atomic mass is 10.1. The van der Waals surface area contributed by atoms with Gasteiger partial charge in [-0.05, 0) is 30.2 Å². The van der Waals surface area contributed by atoms with Crippen LogP contribution in [0.25, 0.3) is 6.08 Å². The van der Waals surface area contributed by atoms with Crippen molar-refractivity contribution in [2.24, 2.45) is 0 Å². The third kappa shape index (κ3) is 4.76. The Morgan fingerprint density at radius 3 is 2.48 bits per heavy atom. The first-order valence-electron chi connectivity index (χ1n) is 6.70. The van der Waals surface area contributed by atoms with Gasteiger partial charge in [0.15, 0.2) is 0 Å². The van der Waals surface area contributed by atoms with Crippen LogP contribution in [0.2, 0.25) is 0 Å². The lowest BCUT2D eigenvalue weighted by Crippen LogP contribution is -2.34. The summed E-state index contributed by atoms with van der Waals surface area (Å²) < 4.78 is 0.987. The van der Waals surface area contributed by atoms with E-state index >= 15 is 0 Å². The van der Waals surface area contributed by atoms with Crippen LogP contribution >= 0.6 is 15.9 Å². The molecule has 0 spiro atoms. The quantitative estimate of drug-likeness (QED) is 0.843. The maximum atomic E-state index is 11.8. The summed E-state index contributed by atoms with van der Waals surface area (Å²) in [5.74, 6) is 0. The van der Waals surface area contributed by atoms with E-state index in [0.29, 0.717) is 0 Å². The minimum atomic E-state index is -0.227. The number of amides is 2. The van der Waals surface area contributed by atoms with Crippen LogP contribution in [0.5, 0.6) is 0 Å². The van der Waals surface area contributed by atoms with Crippen LogP contribution in [-0.2, 0) is 0 Å². The average molecular weight is 345 g/mol. The number of nitrogens with one attached hydrogen (secondary N) is 2. The highest BCUT2D eigenvalue weighted by atomic mass is 79.9. The van der Waals surface area contributed by atoms with Crippen molar-refractivity contribution < 1.29 is 4.79 Å². The van der Waals surface area contributed by atoms with Crippen LogP contribution in [0.3, 0.4) is 0 Å². The van der Waals surface area contributed by atoms with E-state index in [1.807, 2.05) is 67.6 Å². The van der Waals surface area contributed by atoms with Gasteiger partial charge < -0.3 is 10.6 Å². The van der Waals surface area contributed by atoms with E-state index < -0.39 is 0 Å². The Morgan fingerprint density at radius 2 is 1.76 bits per heavy atom. The first-order valence-corrected chi connectivity index (χ1v) is 7.49. The number of carbonyl (C=O) groups excluding carboxylic acids is 1. The number of carbonyl (C=O) groups is 1. The number of hydrogen-bond donors (Lipinski definition) is 2. The molecule has 0 aromatic heterocycles. The van der Waals surface area contributed by atoms with Crippen molar-refractivity contribution in [1.82, 2.24) is 10.6 Å². The van der Waals surface area contributed by atoms with Gasteiger partial charge in [-0.3, -0.25) is 0 Å². The normalized spacial score (nSPS) is 12.1. The van der Waals surface area contributed by atoms with E-state index in [2.05, 4.69) is 26.6 Å². The lowest BCUT2D eigenvalue weighted by molar-refractivity contribution is 0.241. The molecule has 0 heterocycles. The van der Waals surface area contributed by atoms with Crippen molar-refractivity contribution >= 4 is 28.0 Å². The fraction of sp³-hybridized carbons (Fsp3) is 0.118. The van der Waals surface area contributed by atoms with Crippen molar-refractivity contribution in [3.63, 3.8) is 0 Å². The predicted octanol–water partition coefficient (Wildman–Crippen LogP) is 4.48. The monoisotopic (exact) mass is 344 g/mol. The number of urea groups is 1. The highest BCUT2D eigenvalue weighted by Crippen LogP contribution is 2.16. The molecule has 0 fully saturated rings. The van der Waals surface area contributed by atoms with Crippen molar-refractivity contribution in [3.05, 3.63) is 76.4 Å². The van der Waals surface area contributed by atoms with E-state index in [1.165, 1.54) is 0 Å². The Kier molecular flexibility index (Phi) is 5.58. The maximum absolute atomic E-state index is 11.8. The maximum Gasteiger partial charge on any atom is 0.319 e. The van der Waals surface area contributed by atoms with Gasteiger partial charge in [0.2, 0.25) is 0 Å². The second kappa shape index (κ2) is 7.64. The largest absolute Gasteiger partial charge is 0.331 e. The number of rotatable bonds is 4. The van der Waals surface area contributed by atoms with E-state index in [1.54, 1.807) is 6.20 Å². The zero-order chi connectivity index (χ0) is 15.1. The fourth-order valence-corrected chi connectivity index (χ4v) is 2.30. The minimum Gasteiger partial charge on any atom is -0.331 e. The third-order valence-corrected chi connectivity index (χ3v) is 3.75. The van der Waals surface area contributed by atoms with Crippen LogP contribution in [0.15, 0.2) is 65.3 Å². The molecule has 2 N–H and O–H groups in total. The Hall–Kier alpha value is -2.07. The molecule has 1 unspecified atom stereocenters. The van der Waals surface area contributed by atoms with Crippen molar-refractivity contribution in [2.45, 2.75) is 13.0 Å². The molecule has 0 bridgehead atoms. The molecule has 21 heavy (non-hydrogen) atoms. The second-order valence-corrected chi connectivity index (χ2v) is 5.46. The zero-order valence-corrected chi connectivity index (χ0v) is 13.3. The molecule has 0 radical (unpaired) electrons. The van der Waals surface area contributed by atoms with E-state index in [-0.39, 0.29) is 12.1 Å². The smallest absolute Gasteiger partial charge is 0.319 e. The summed E-state index contributed by atoms with van der Waals surface area (Å²) in [6, 6.07) is 17.4. The van der Waals surface area contributed by atoms with Gasteiger partial charge in [0.05, 0.1) is 6.04 Å². The fourth-order valence-electron chi connectivity index (χ4n) is 1.88. The Balaban J connectivity index is 1.87. The van der Waals surface area contributed by atoms with Crippen LogP contribution in [0, 0.1) is 0 Å². The van der Waals surface area contributed by atoms with Crippen molar-refractivity contribution in [2.75, 3.05) is 0 Å². The summed E-state index contributed by atoms with van der Waals surface area (Å²) in [5, 5.41) is 5.59. The molecule has 0 aliphatic carbocycles. The molecular formula is C17H17BrN2O. The summed E-state index contributed by atoms with van der Waals surface area (Å²) in [4.78, 5) is 11.8. The molecule has 0 aliphatic heterocycles. The van der Waals surface area contributed by atoms with Crippen LogP contribution < -0.4 is 10.6 Å². The Bertz CT molecular complexity index is 626. The Labute approximate surface area is 133 Å². The summed E-state index contributed by atoms with van der Waals surface area (Å²) in [7, 11) is 0. The molecule has 0 saturated heterocycles. The van der Waals surface area contributed by atoms with Gasteiger partial charge in [0, 0.05) is 10.7 Å². The van der Waals surface area contributed by atoms with Gasteiger partial charge in [-0.15, -0.1) is 0 Å². The van der Waals surface area contributed by atoms with Crippen molar-refractivity contribution in [1.29, 1.82) is 0 Å². The van der Waals surface area contributed by atoms with Crippen molar-refractivity contribution in [3.8, 4) is 0 Å². The summed E-state index contributed by atoms with van der Waals surface area (Å²) in [5.41, 5.74) is 2.08.